The van der Waals surface area contributed by atoms with E-state index in [0.717, 1.165) is 5.69 Å². The summed E-state index contributed by atoms with van der Waals surface area (Å²) >= 11 is 12.9. The Bertz CT molecular complexity index is 832. The van der Waals surface area contributed by atoms with Crippen molar-refractivity contribution < 1.29 is 10.0 Å². The van der Waals surface area contributed by atoms with E-state index in [0.29, 0.717) is 20.1 Å². The molecule has 0 radical (unpaired) electrons. The number of carbonyl (C=O) groups is 1. The predicted molar refractivity (Wildman–Crippen MR) is 111 cm³/mol. The first-order chi connectivity index (χ1) is 12.3. The van der Waals surface area contributed by atoms with E-state index in [1.54, 1.807) is 29.2 Å². The predicted octanol–water partition coefficient (Wildman–Crippen LogP) is 5.21. The molecule has 2 aromatic carbocycles. The van der Waals surface area contributed by atoms with Gasteiger partial charge in [0.25, 0.3) is 0 Å². The quantitative estimate of drug-likeness (QED) is 0.415. The zero-order valence-electron chi connectivity index (χ0n) is 14.2. The van der Waals surface area contributed by atoms with Crippen LogP contribution in [-0.2, 0) is 0 Å². The van der Waals surface area contributed by atoms with E-state index < -0.39 is 16.9 Å². The summed E-state index contributed by atoms with van der Waals surface area (Å²) in [5, 5.41) is 14.6. The number of urea groups is 1. The van der Waals surface area contributed by atoms with Crippen LogP contribution in [0.4, 0.5) is 16.2 Å². The maximum atomic E-state index is 12.6. The number of anilines is 2. The van der Waals surface area contributed by atoms with Crippen LogP contribution >= 0.6 is 35.6 Å². The molecule has 5 nitrogen and oxygen atoms in total. The second-order valence-electron chi connectivity index (χ2n) is 6.34. The Morgan fingerprint density at radius 3 is 2.62 bits per heavy atom. The molecule has 1 aliphatic rings. The van der Waals surface area contributed by atoms with Crippen molar-refractivity contribution in [2.24, 2.45) is 0 Å². The van der Waals surface area contributed by atoms with Gasteiger partial charge in [0.2, 0.25) is 0 Å². The van der Waals surface area contributed by atoms with Crippen molar-refractivity contribution in [1.29, 1.82) is 0 Å². The van der Waals surface area contributed by atoms with Crippen molar-refractivity contribution in [2.45, 2.75) is 24.8 Å². The number of thiocarbonyl (C=S) groups is 1. The first kappa shape index (κ1) is 19.0. The van der Waals surface area contributed by atoms with Gasteiger partial charge in [-0.1, -0.05) is 59.8 Å². The molecule has 1 heterocycles. The minimum Gasteiger partial charge on any atom is -0.306 e. The molecular formula is C18H18ClN3O2S2. The molecule has 26 heavy (non-hydrogen) atoms. The van der Waals surface area contributed by atoms with Gasteiger partial charge >= 0.3 is 6.03 Å². The number of hydrogen-bond donors (Lipinski definition) is 2. The molecule has 1 fully saturated rings. The third-order valence-electron chi connectivity index (χ3n) is 3.96. The largest absolute Gasteiger partial charge is 0.347 e. The van der Waals surface area contributed by atoms with Crippen LogP contribution in [0.2, 0.25) is 5.02 Å². The standard InChI is InChI=1S/C18H18ClN3O2S2/c1-18(2)15(21(17(25)26-18)14-9-4-3-5-10-14)22(24)16(23)20-13-8-6-7-12(19)11-13/h3-11,15,24H,1-2H3,(H,20,23)/t15-/m1/s1. The normalized spacial score (nSPS) is 18.7. The number of rotatable bonds is 3. The number of nitrogens with zero attached hydrogens (tertiary/aromatic N) is 2. The van der Waals surface area contributed by atoms with Crippen LogP contribution in [0.15, 0.2) is 54.6 Å². The Labute approximate surface area is 166 Å². The molecule has 0 saturated carbocycles. The van der Waals surface area contributed by atoms with Gasteiger partial charge in [0.1, 0.15) is 4.32 Å². The number of hydrogen-bond acceptors (Lipinski definition) is 4. The Hall–Kier alpha value is -1.80. The highest BCUT2D eigenvalue weighted by molar-refractivity contribution is 8.24. The van der Waals surface area contributed by atoms with E-state index >= 15 is 0 Å². The summed E-state index contributed by atoms with van der Waals surface area (Å²) in [7, 11) is 0. The lowest BCUT2D eigenvalue weighted by atomic mass is 10.1. The summed E-state index contributed by atoms with van der Waals surface area (Å²) in [6, 6.07) is 15.6. The first-order valence-electron chi connectivity index (χ1n) is 7.91. The van der Waals surface area contributed by atoms with Gasteiger partial charge in [-0.3, -0.25) is 5.21 Å². The fraction of sp³-hybridized carbons (Fsp3) is 0.222. The summed E-state index contributed by atoms with van der Waals surface area (Å²) in [5.41, 5.74) is 1.31. The molecule has 2 aromatic rings. The fourth-order valence-electron chi connectivity index (χ4n) is 2.83. The Balaban J connectivity index is 1.88. The average Bonchev–Trinajstić information content (AvgIpc) is 2.83. The first-order valence-corrected chi connectivity index (χ1v) is 9.52. The molecule has 8 heteroatoms. The Kier molecular flexibility index (Phi) is 5.43. The number of halogens is 1. The van der Waals surface area contributed by atoms with E-state index in [4.69, 9.17) is 23.8 Å². The van der Waals surface area contributed by atoms with Crippen molar-refractivity contribution in [3.63, 3.8) is 0 Å². The van der Waals surface area contributed by atoms with Crippen molar-refractivity contribution in [2.75, 3.05) is 10.2 Å². The summed E-state index contributed by atoms with van der Waals surface area (Å²) in [4.78, 5) is 14.4. The van der Waals surface area contributed by atoms with Gasteiger partial charge in [-0.2, -0.15) is 5.06 Å². The Morgan fingerprint density at radius 1 is 1.27 bits per heavy atom. The van der Waals surface area contributed by atoms with Crippen molar-refractivity contribution in [3.05, 3.63) is 59.6 Å². The molecule has 1 aliphatic heterocycles. The van der Waals surface area contributed by atoms with Gasteiger partial charge in [0, 0.05) is 16.4 Å². The summed E-state index contributed by atoms with van der Waals surface area (Å²) in [6.07, 6.45) is -0.665. The van der Waals surface area contributed by atoms with E-state index in [9.17, 15) is 10.0 Å². The van der Waals surface area contributed by atoms with Gasteiger partial charge in [-0.05, 0) is 44.2 Å². The van der Waals surface area contributed by atoms with Crippen molar-refractivity contribution >= 4 is 57.3 Å². The third-order valence-corrected chi connectivity index (χ3v) is 5.75. The molecule has 2 N–H and O–H groups in total. The highest BCUT2D eigenvalue weighted by Gasteiger charge is 2.50. The lowest BCUT2D eigenvalue weighted by molar-refractivity contribution is -0.0762. The highest BCUT2D eigenvalue weighted by atomic mass is 35.5. The van der Waals surface area contributed by atoms with Crippen LogP contribution in [0.1, 0.15) is 13.8 Å². The lowest BCUT2D eigenvalue weighted by Crippen LogP contribution is -2.55. The number of amides is 2. The molecule has 0 aromatic heterocycles. The Morgan fingerprint density at radius 2 is 1.96 bits per heavy atom. The van der Waals surface area contributed by atoms with Gasteiger partial charge in [-0.15, -0.1) is 0 Å². The zero-order valence-corrected chi connectivity index (χ0v) is 16.6. The topological polar surface area (TPSA) is 55.8 Å². The molecule has 1 saturated heterocycles. The maximum Gasteiger partial charge on any atom is 0.347 e. The highest BCUT2D eigenvalue weighted by Crippen LogP contribution is 2.44. The summed E-state index contributed by atoms with van der Waals surface area (Å²) in [5.74, 6) is 0. The van der Waals surface area contributed by atoms with Crippen LogP contribution in [0.5, 0.6) is 0 Å². The number of para-hydroxylation sites is 1. The van der Waals surface area contributed by atoms with Crippen molar-refractivity contribution in [3.8, 4) is 0 Å². The maximum absolute atomic E-state index is 12.6. The number of hydroxylamine groups is 2. The average molecular weight is 408 g/mol. The number of thioether (sulfide) groups is 1. The number of benzene rings is 2. The van der Waals surface area contributed by atoms with Crippen LogP contribution in [0.25, 0.3) is 0 Å². The van der Waals surface area contributed by atoms with Gasteiger partial charge < -0.3 is 10.2 Å². The second kappa shape index (κ2) is 7.44. The van der Waals surface area contributed by atoms with E-state index in [2.05, 4.69) is 5.32 Å². The van der Waals surface area contributed by atoms with Crippen LogP contribution in [0, 0.1) is 0 Å². The molecule has 0 unspecified atom stereocenters. The summed E-state index contributed by atoms with van der Waals surface area (Å²) in [6.45, 7) is 3.88. The van der Waals surface area contributed by atoms with Crippen LogP contribution in [-0.4, -0.2) is 31.5 Å². The number of nitrogens with one attached hydrogen (secondary N) is 1. The summed E-state index contributed by atoms with van der Waals surface area (Å²) < 4.78 is 0.0914. The smallest absolute Gasteiger partial charge is 0.306 e. The van der Waals surface area contributed by atoms with Gasteiger partial charge in [0.05, 0.1) is 4.75 Å². The zero-order chi connectivity index (χ0) is 18.9. The molecule has 1 atom stereocenters. The van der Waals surface area contributed by atoms with E-state index in [1.165, 1.54) is 11.8 Å². The van der Waals surface area contributed by atoms with Crippen LogP contribution in [0.3, 0.4) is 0 Å². The lowest BCUT2D eigenvalue weighted by Gasteiger charge is -2.36. The minimum absolute atomic E-state index is 0.496. The van der Waals surface area contributed by atoms with Gasteiger partial charge in [0.15, 0.2) is 6.17 Å². The van der Waals surface area contributed by atoms with Gasteiger partial charge in [-0.25, -0.2) is 4.79 Å². The second-order valence-corrected chi connectivity index (χ2v) is 9.06. The molecule has 0 spiro atoms. The molecule has 2 amide bonds. The molecule has 0 bridgehead atoms. The molecular weight excluding hydrogens is 390 g/mol. The number of carbonyl (C=O) groups excluding carboxylic acids is 1. The minimum atomic E-state index is -0.665. The third kappa shape index (κ3) is 3.81. The van der Waals surface area contributed by atoms with E-state index in [1.807, 2.05) is 44.2 Å². The molecule has 0 aliphatic carbocycles. The molecule has 136 valence electrons. The monoisotopic (exact) mass is 407 g/mol. The SMILES string of the molecule is CC1(C)SC(=S)N(c2ccccc2)[C@@H]1N(O)C(=O)Nc1cccc(Cl)c1. The van der Waals surface area contributed by atoms with E-state index in [-0.39, 0.29) is 0 Å². The fourth-order valence-corrected chi connectivity index (χ4v) is 4.94. The van der Waals surface area contributed by atoms with Crippen LogP contribution < -0.4 is 10.2 Å². The van der Waals surface area contributed by atoms with Crippen molar-refractivity contribution in [1.82, 2.24) is 5.06 Å². The molecule has 3 rings (SSSR count).